The molecule has 0 amide bonds. The van der Waals surface area contributed by atoms with E-state index in [0.717, 1.165) is 12.6 Å². The Bertz CT molecular complexity index is 186. The molecule has 1 saturated carbocycles. The second-order valence-electron chi connectivity index (χ2n) is 5.08. The fourth-order valence-corrected chi connectivity index (χ4v) is 4.05. The van der Waals surface area contributed by atoms with Crippen molar-refractivity contribution >= 4 is 11.8 Å². The molecule has 3 heteroatoms. The molecule has 0 radical (unpaired) electrons. The van der Waals surface area contributed by atoms with Gasteiger partial charge < -0.3 is 10.1 Å². The van der Waals surface area contributed by atoms with Gasteiger partial charge in [0.1, 0.15) is 0 Å². The number of thioether (sulfide) groups is 1. The summed E-state index contributed by atoms with van der Waals surface area (Å²) in [5, 5.41) is 3.75. The number of hydrogen-bond donors (Lipinski definition) is 1. The van der Waals surface area contributed by atoms with Gasteiger partial charge in [0, 0.05) is 30.9 Å². The number of nitrogens with one attached hydrogen (secondary N) is 1. The van der Waals surface area contributed by atoms with Gasteiger partial charge in [0.2, 0.25) is 0 Å². The molecule has 1 heterocycles. The lowest BCUT2D eigenvalue weighted by atomic mass is 9.87. The van der Waals surface area contributed by atoms with Crippen LogP contribution in [-0.2, 0) is 4.74 Å². The maximum absolute atomic E-state index is 5.40. The van der Waals surface area contributed by atoms with Gasteiger partial charge in [0.15, 0.2) is 0 Å². The quantitative estimate of drug-likeness (QED) is 0.781. The number of methoxy groups -OCH3 is 1. The maximum atomic E-state index is 5.40. The molecule has 1 saturated heterocycles. The highest BCUT2D eigenvalue weighted by molar-refractivity contribution is 7.99. The molecule has 0 bridgehead atoms. The van der Waals surface area contributed by atoms with Crippen molar-refractivity contribution in [2.45, 2.75) is 38.1 Å². The standard InChI is InChI=1S/C12H23NOS/c1-14-10-12(5-2-3-6-12)9-13-11-4-7-15-8-11/h11,13H,2-10H2,1H3/t11-/m0/s1. The van der Waals surface area contributed by atoms with Gasteiger partial charge in [-0.15, -0.1) is 0 Å². The van der Waals surface area contributed by atoms with Crippen molar-refractivity contribution in [2.24, 2.45) is 5.41 Å². The summed E-state index contributed by atoms with van der Waals surface area (Å²) < 4.78 is 5.40. The second kappa shape index (κ2) is 5.55. The first-order chi connectivity index (χ1) is 7.35. The van der Waals surface area contributed by atoms with Gasteiger partial charge in [0.05, 0.1) is 6.61 Å². The fourth-order valence-electron chi connectivity index (χ4n) is 2.86. The van der Waals surface area contributed by atoms with Crippen LogP contribution in [0, 0.1) is 5.41 Å². The summed E-state index contributed by atoms with van der Waals surface area (Å²) in [5.74, 6) is 2.65. The van der Waals surface area contributed by atoms with E-state index in [1.807, 2.05) is 7.11 Å². The third-order valence-corrected chi connectivity index (χ3v) is 4.97. The highest BCUT2D eigenvalue weighted by Gasteiger charge is 2.34. The van der Waals surface area contributed by atoms with Crippen LogP contribution >= 0.6 is 11.8 Å². The zero-order chi connectivity index (χ0) is 10.6. The SMILES string of the molecule is COCC1(CN[C@H]2CCSC2)CCCC1. The number of rotatable bonds is 5. The van der Waals surface area contributed by atoms with Crippen molar-refractivity contribution in [3.63, 3.8) is 0 Å². The second-order valence-corrected chi connectivity index (χ2v) is 6.23. The van der Waals surface area contributed by atoms with Crippen LogP contribution in [0.15, 0.2) is 0 Å². The van der Waals surface area contributed by atoms with Gasteiger partial charge in [-0.1, -0.05) is 12.8 Å². The molecule has 2 rings (SSSR count). The molecular weight excluding hydrogens is 206 g/mol. The smallest absolute Gasteiger partial charge is 0.0530 e. The molecule has 0 aromatic carbocycles. The molecule has 2 aliphatic rings. The number of hydrogen-bond acceptors (Lipinski definition) is 3. The zero-order valence-corrected chi connectivity index (χ0v) is 10.6. The van der Waals surface area contributed by atoms with Crippen LogP contribution in [0.1, 0.15) is 32.1 Å². The summed E-state index contributed by atoms with van der Waals surface area (Å²) in [7, 11) is 1.84. The van der Waals surface area contributed by atoms with E-state index in [-0.39, 0.29) is 0 Å². The molecule has 15 heavy (non-hydrogen) atoms. The Labute approximate surface area is 97.5 Å². The van der Waals surface area contributed by atoms with Crippen LogP contribution in [0.5, 0.6) is 0 Å². The fraction of sp³-hybridized carbons (Fsp3) is 1.00. The number of ether oxygens (including phenoxy) is 1. The molecule has 0 spiro atoms. The monoisotopic (exact) mass is 229 g/mol. The van der Waals surface area contributed by atoms with Gasteiger partial charge in [-0.05, 0) is 25.0 Å². The minimum atomic E-state index is 0.460. The third-order valence-electron chi connectivity index (χ3n) is 3.81. The Hall–Kier alpha value is 0.270. The van der Waals surface area contributed by atoms with E-state index in [1.54, 1.807) is 0 Å². The molecule has 1 aliphatic carbocycles. The molecular formula is C12H23NOS. The van der Waals surface area contributed by atoms with Crippen LogP contribution < -0.4 is 5.32 Å². The van der Waals surface area contributed by atoms with Gasteiger partial charge in [-0.25, -0.2) is 0 Å². The average molecular weight is 229 g/mol. The summed E-state index contributed by atoms with van der Waals surface area (Å²) >= 11 is 2.08. The summed E-state index contributed by atoms with van der Waals surface area (Å²) in [6.45, 7) is 2.12. The van der Waals surface area contributed by atoms with E-state index in [9.17, 15) is 0 Å². The highest BCUT2D eigenvalue weighted by atomic mass is 32.2. The van der Waals surface area contributed by atoms with E-state index in [0.29, 0.717) is 5.41 Å². The van der Waals surface area contributed by atoms with Crippen molar-refractivity contribution in [3.05, 3.63) is 0 Å². The van der Waals surface area contributed by atoms with Crippen molar-refractivity contribution in [1.82, 2.24) is 5.32 Å². The Kier molecular flexibility index (Phi) is 4.35. The van der Waals surface area contributed by atoms with Crippen LogP contribution in [0.3, 0.4) is 0 Å². The summed E-state index contributed by atoms with van der Waals surface area (Å²) in [6, 6.07) is 0.768. The summed E-state index contributed by atoms with van der Waals surface area (Å²) in [5.41, 5.74) is 0.460. The Morgan fingerprint density at radius 3 is 2.80 bits per heavy atom. The van der Waals surface area contributed by atoms with Gasteiger partial charge in [-0.3, -0.25) is 0 Å². The molecule has 2 nitrogen and oxygen atoms in total. The van der Waals surface area contributed by atoms with Gasteiger partial charge >= 0.3 is 0 Å². The topological polar surface area (TPSA) is 21.3 Å². The molecule has 1 N–H and O–H groups in total. The first-order valence-corrected chi connectivity index (χ1v) is 7.30. The lowest BCUT2D eigenvalue weighted by Gasteiger charge is -2.30. The molecule has 1 atom stereocenters. The normalized spacial score (nSPS) is 29.8. The third kappa shape index (κ3) is 3.11. The summed E-state index contributed by atoms with van der Waals surface area (Å²) in [4.78, 5) is 0. The first kappa shape index (κ1) is 11.7. The van der Waals surface area contributed by atoms with Crippen LogP contribution in [-0.4, -0.2) is 37.8 Å². The Morgan fingerprint density at radius 2 is 2.20 bits per heavy atom. The molecule has 1 aliphatic heterocycles. The van der Waals surface area contributed by atoms with Gasteiger partial charge in [0.25, 0.3) is 0 Å². The lowest BCUT2D eigenvalue weighted by molar-refractivity contribution is 0.0809. The lowest BCUT2D eigenvalue weighted by Crippen LogP contribution is -2.40. The van der Waals surface area contributed by atoms with E-state index >= 15 is 0 Å². The van der Waals surface area contributed by atoms with Crippen LogP contribution in [0.4, 0.5) is 0 Å². The van der Waals surface area contributed by atoms with Gasteiger partial charge in [-0.2, -0.15) is 11.8 Å². The van der Waals surface area contributed by atoms with E-state index in [4.69, 9.17) is 4.74 Å². The minimum Gasteiger partial charge on any atom is -0.384 e. The van der Waals surface area contributed by atoms with Crippen molar-refractivity contribution < 1.29 is 4.74 Å². The minimum absolute atomic E-state index is 0.460. The Balaban J connectivity index is 1.78. The van der Waals surface area contributed by atoms with E-state index in [2.05, 4.69) is 17.1 Å². The zero-order valence-electron chi connectivity index (χ0n) is 9.76. The molecule has 88 valence electrons. The van der Waals surface area contributed by atoms with Crippen LogP contribution in [0.25, 0.3) is 0 Å². The molecule has 0 aromatic rings. The van der Waals surface area contributed by atoms with E-state index in [1.165, 1.54) is 50.2 Å². The van der Waals surface area contributed by atoms with Crippen molar-refractivity contribution in [1.29, 1.82) is 0 Å². The van der Waals surface area contributed by atoms with Crippen molar-refractivity contribution in [3.8, 4) is 0 Å². The van der Waals surface area contributed by atoms with Crippen LogP contribution in [0.2, 0.25) is 0 Å². The molecule has 0 unspecified atom stereocenters. The highest BCUT2D eigenvalue weighted by Crippen LogP contribution is 2.38. The van der Waals surface area contributed by atoms with E-state index < -0.39 is 0 Å². The Morgan fingerprint density at radius 1 is 1.40 bits per heavy atom. The first-order valence-electron chi connectivity index (χ1n) is 6.15. The average Bonchev–Trinajstić information content (AvgIpc) is 2.85. The largest absolute Gasteiger partial charge is 0.384 e. The predicted octanol–water partition coefficient (Wildman–Crippen LogP) is 2.29. The maximum Gasteiger partial charge on any atom is 0.0530 e. The van der Waals surface area contributed by atoms with Crippen molar-refractivity contribution in [2.75, 3.05) is 31.8 Å². The molecule has 2 fully saturated rings. The predicted molar refractivity (Wildman–Crippen MR) is 66.5 cm³/mol. The molecule has 0 aromatic heterocycles. The summed E-state index contributed by atoms with van der Waals surface area (Å²) in [6.07, 6.45) is 6.85.